The number of nitrogens with one attached hydrogen (secondary N) is 1. The number of ether oxygens (including phenoxy) is 1. The normalized spacial score (nSPS) is 36.9. The molecule has 18 heavy (non-hydrogen) atoms. The molecule has 3 unspecified atom stereocenters. The summed E-state index contributed by atoms with van der Waals surface area (Å²) in [5.74, 6) is -0.0424. The number of carbonyl (C=O) groups is 2. The van der Waals surface area contributed by atoms with Gasteiger partial charge in [0.05, 0.1) is 12.1 Å². The smallest absolute Gasteiger partial charge is 0.248 e. The van der Waals surface area contributed by atoms with Crippen LogP contribution in [0.5, 0.6) is 0 Å². The number of hydrogen-bond acceptors (Lipinski definition) is 3. The monoisotopic (exact) mass is 254 g/mol. The van der Waals surface area contributed by atoms with Crippen molar-refractivity contribution in [2.75, 3.05) is 13.7 Å². The predicted molar refractivity (Wildman–Crippen MR) is 67.0 cm³/mol. The molecule has 0 aromatic carbocycles. The van der Waals surface area contributed by atoms with E-state index in [1.54, 1.807) is 18.9 Å². The van der Waals surface area contributed by atoms with Crippen LogP contribution in [0.15, 0.2) is 0 Å². The third kappa shape index (κ3) is 2.11. The molecular weight excluding hydrogens is 232 g/mol. The molecule has 0 aromatic heterocycles. The first-order chi connectivity index (χ1) is 8.51. The summed E-state index contributed by atoms with van der Waals surface area (Å²) < 4.78 is 5.44. The summed E-state index contributed by atoms with van der Waals surface area (Å²) in [6, 6.07) is 0.0550. The van der Waals surface area contributed by atoms with Gasteiger partial charge < -0.3 is 15.0 Å². The van der Waals surface area contributed by atoms with Gasteiger partial charge in [-0.25, -0.2) is 0 Å². The molecule has 3 atom stereocenters. The van der Waals surface area contributed by atoms with Crippen molar-refractivity contribution in [3.63, 3.8) is 0 Å². The number of carbonyl (C=O) groups excluding carboxylic acids is 2. The quantitative estimate of drug-likeness (QED) is 0.806. The minimum atomic E-state index is -0.754. The first kappa shape index (κ1) is 13.3. The standard InChI is InChI=1S/C13H22N2O3/c1-4-13(2)12(17)15(8-11(16)14-13)9-6-5-7-10(9)18-3/h9-10H,4-8H2,1-3H3,(H,14,16). The Balaban J connectivity index is 2.21. The Labute approximate surface area is 108 Å². The van der Waals surface area contributed by atoms with Crippen molar-refractivity contribution in [2.45, 2.75) is 57.2 Å². The van der Waals surface area contributed by atoms with E-state index in [4.69, 9.17) is 4.74 Å². The minimum absolute atomic E-state index is 0.0264. The highest BCUT2D eigenvalue weighted by molar-refractivity contribution is 5.97. The highest BCUT2D eigenvalue weighted by Crippen LogP contribution is 2.30. The maximum absolute atomic E-state index is 12.5. The molecular formula is C13H22N2O3. The predicted octanol–water partition coefficient (Wildman–Crippen LogP) is 0.681. The maximum atomic E-state index is 12.5. The van der Waals surface area contributed by atoms with Gasteiger partial charge in [-0.1, -0.05) is 6.92 Å². The van der Waals surface area contributed by atoms with Crippen molar-refractivity contribution in [1.29, 1.82) is 0 Å². The Bertz CT molecular complexity index is 358. The molecule has 2 amide bonds. The summed E-state index contributed by atoms with van der Waals surface area (Å²) in [6.07, 6.45) is 3.63. The lowest BCUT2D eigenvalue weighted by Crippen LogP contribution is -2.67. The van der Waals surface area contributed by atoms with Gasteiger partial charge >= 0.3 is 0 Å². The van der Waals surface area contributed by atoms with E-state index in [-0.39, 0.29) is 30.5 Å². The summed E-state index contributed by atoms with van der Waals surface area (Å²) in [5, 5.41) is 2.81. The fourth-order valence-electron chi connectivity index (χ4n) is 2.99. The number of methoxy groups -OCH3 is 1. The van der Waals surface area contributed by atoms with Gasteiger partial charge in [-0.15, -0.1) is 0 Å². The van der Waals surface area contributed by atoms with E-state index >= 15 is 0 Å². The van der Waals surface area contributed by atoms with Gasteiger partial charge in [0.25, 0.3) is 0 Å². The van der Waals surface area contributed by atoms with Gasteiger partial charge in [0, 0.05) is 7.11 Å². The van der Waals surface area contributed by atoms with Crippen molar-refractivity contribution in [3.8, 4) is 0 Å². The largest absolute Gasteiger partial charge is 0.379 e. The van der Waals surface area contributed by atoms with Gasteiger partial charge in [-0.3, -0.25) is 9.59 Å². The molecule has 0 radical (unpaired) electrons. The van der Waals surface area contributed by atoms with Crippen LogP contribution in [0.4, 0.5) is 0 Å². The molecule has 1 aliphatic heterocycles. The summed E-state index contributed by atoms with van der Waals surface area (Å²) in [5.41, 5.74) is -0.754. The van der Waals surface area contributed by atoms with Crippen LogP contribution in [0.1, 0.15) is 39.5 Å². The number of amides is 2. The van der Waals surface area contributed by atoms with Crippen LogP contribution in [0.2, 0.25) is 0 Å². The average Bonchev–Trinajstić information content (AvgIpc) is 2.81. The molecule has 2 aliphatic rings. The Morgan fingerprint density at radius 2 is 2.17 bits per heavy atom. The lowest BCUT2D eigenvalue weighted by molar-refractivity contribution is -0.154. The molecule has 1 heterocycles. The van der Waals surface area contributed by atoms with Crippen molar-refractivity contribution in [3.05, 3.63) is 0 Å². The molecule has 1 N–H and O–H groups in total. The molecule has 5 heteroatoms. The SMILES string of the molecule is CCC1(C)NC(=O)CN(C2CCCC2OC)C1=O. The fourth-order valence-corrected chi connectivity index (χ4v) is 2.99. The van der Waals surface area contributed by atoms with Crippen LogP contribution in [0.3, 0.4) is 0 Å². The molecule has 1 saturated heterocycles. The van der Waals surface area contributed by atoms with Crippen LogP contribution < -0.4 is 5.32 Å². The molecule has 5 nitrogen and oxygen atoms in total. The third-order valence-corrected chi connectivity index (χ3v) is 4.29. The summed E-state index contributed by atoms with van der Waals surface area (Å²) >= 11 is 0. The Morgan fingerprint density at radius 3 is 2.78 bits per heavy atom. The van der Waals surface area contributed by atoms with Crippen molar-refractivity contribution >= 4 is 11.8 Å². The number of rotatable bonds is 3. The number of nitrogens with zero attached hydrogens (tertiary/aromatic N) is 1. The van der Waals surface area contributed by atoms with E-state index in [1.165, 1.54) is 0 Å². The van der Waals surface area contributed by atoms with Crippen LogP contribution in [-0.4, -0.2) is 48.1 Å². The molecule has 0 aromatic rings. The molecule has 102 valence electrons. The Hall–Kier alpha value is -1.10. The Morgan fingerprint density at radius 1 is 1.44 bits per heavy atom. The Kier molecular flexibility index (Phi) is 3.61. The number of hydrogen-bond donors (Lipinski definition) is 1. The molecule has 2 rings (SSSR count). The highest BCUT2D eigenvalue weighted by atomic mass is 16.5. The molecule has 1 saturated carbocycles. The molecule has 1 aliphatic carbocycles. The first-order valence-corrected chi connectivity index (χ1v) is 6.66. The van der Waals surface area contributed by atoms with E-state index < -0.39 is 5.54 Å². The fraction of sp³-hybridized carbons (Fsp3) is 0.846. The second kappa shape index (κ2) is 4.88. The summed E-state index contributed by atoms with van der Waals surface area (Å²) in [6.45, 7) is 3.89. The van der Waals surface area contributed by atoms with E-state index in [9.17, 15) is 9.59 Å². The number of piperazine rings is 1. The second-order valence-electron chi connectivity index (χ2n) is 5.44. The van der Waals surface area contributed by atoms with Gasteiger partial charge in [0.2, 0.25) is 11.8 Å². The van der Waals surface area contributed by atoms with Gasteiger partial charge in [-0.05, 0) is 32.6 Å². The maximum Gasteiger partial charge on any atom is 0.248 e. The van der Waals surface area contributed by atoms with Crippen LogP contribution in [0.25, 0.3) is 0 Å². The van der Waals surface area contributed by atoms with Crippen LogP contribution in [0, 0.1) is 0 Å². The lowest BCUT2D eigenvalue weighted by atomic mass is 9.93. The van der Waals surface area contributed by atoms with Crippen LogP contribution in [-0.2, 0) is 14.3 Å². The van der Waals surface area contributed by atoms with Crippen molar-refractivity contribution in [2.24, 2.45) is 0 Å². The zero-order valence-corrected chi connectivity index (χ0v) is 11.4. The van der Waals surface area contributed by atoms with Crippen molar-refractivity contribution in [1.82, 2.24) is 10.2 Å². The first-order valence-electron chi connectivity index (χ1n) is 6.66. The highest BCUT2D eigenvalue weighted by Gasteiger charge is 2.46. The molecule has 0 spiro atoms. The van der Waals surface area contributed by atoms with Crippen LogP contribution >= 0.6 is 0 Å². The second-order valence-corrected chi connectivity index (χ2v) is 5.44. The van der Waals surface area contributed by atoms with E-state index in [2.05, 4.69) is 5.32 Å². The zero-order valence-electron chi connectivity index (χ0n) is 11.4. The van der Waals surface area contributed by atoms with E-state index in [1.807, 2.05) is 6.92 Å². The van der Waals surface area contributed by atoms with Gasteiger partial charge in [0.1, 0.15) is 12.1 Å². The van der Waals surface area contributed by atoms with Gasteiger partial charge in [-0.2, -0.15) is 0 Å². The van der Waals surface area contributed by atoms with Crippen molar-refractivity contribution < 1.29 is 14.3 Å². The minimum Gasteiger partial charge on any atom is -0.379 e. The molecule has 0 bridgehead atoms. The topological polar surface area (TPSA) is 58.6 Å². The zero-order chi connectivity index (χ0) is 13.3. The third-order valence-electron chi connectivity index (χ3n) is 4.29. The lowest BCUT2D eigenvalue weighted by Gasteiger charge is -2.43. The average molecular weight is 254 g/mol. The van der Waals surface area contributed by atoms with E-state index in [0.717, 1.165) is 19.3 Å². The molecule has 2 fully saturated rings. The van der Waals surface area contributed by atoms with E-state index in [0.29, 0.717) is 6.42 Å². The summed E-state index contributed by atoms with van der Waals surface area (Å²) in [4.78, 5) is 26.1. The van der Waals surface area contributed by atoms with Gasteiger partial charge in [0.15, 0.2) is 0 Å². The summed E-state index contributed by atoms with van der Waals surface area (Å²) in [7, 11) is 1.68.